The number of nitrogens with zero attached hydrogens (tertiary/aromatic N) is 2. The molecule has 1 aromatic heterocycles. The van der Waals surface area contributed by atoms with Crippen molar-refractivity contribution in [2.75, 3.05) is 5.32 Å². The molecule has 0 atom stereocenters. The highest BCUT2D eigenvalue weighted by Gasteiger charge is 2.10. The molecule has 0 bridgehead atoms. The number of carbonyl (C=O) groups is 1. The van der Waals surface area contributed by atoms with Gasteiger partial charge in [-0.3, -0.25) is 4.79 Å². The topological polar surface area (TPSA) is 54.9 Å². The molecule has 0 saturated heterocycles. The maximum Gasteiger partial charge on any atom is 0.257 e. The SMILES string of the molecule is O=C(Nc1cncnc1)c1cc(S)ccc1Cl. The number of hydrogen-bond donors (Lipinski definition) is 2. The Labute approximate surface area is 108 Å². The van der Waals surface area contributed by atoms with Crippen molar-refractivity contribution < 1.29 is 4.79 Å². The average Bonchev–Trinajstić information content (AvgIpc) is 2.33. The van der Waals surface area contributed by atoms with Crippen LogP contribution in [0.15, 0.2) is 41.8 Å². The van der Waals surface area contributed by atoms with Gasteiger partial charge in [-0.15, -0.1) is 12.6 Å². The molecule has 6 heteroatoms. The van der Waals surface area contributed by atoms with E-state index in [1.165, 1.54) is 18.7 Å². The number of amides is 1. The summed E-state index contributed by atoms with van der Waals surface area (Å²) in [4.78, 5) is 20.2. The van der Waals surface area contributed by atoms with Crippen LogP contribution >= 0.6 is 24.2 Å². The molecule has 0 unspecified atom stereocenters. The first-order valence-corrected chi connectivity index (χ1v) is 5.54. The van der Waals surface area contributed by atoms with Crippen LogP contribution in [0.3, 0.4) is 0 Å². The zero-order valence-corrected chi connectivity index (χ0v) is 10.2. The predicted molar refractivity (Wildman–Crippen MR) is 68.7 cm³/mol. The van der Waals surface area contributed by atoms with Crippen molar-refractivity contribution in [1.29, 1.82) is 0 Å². The van der Waals surface area contributed by atoms with E-state index < -0.39 is 0 Å². The summed E-state index contributed by atoms with van der Waals surface area (Å²) in [5.74, 6) is -0.319. The Kier molecular flexibility index (Phi) is 3.61. The zero-order chi connectivity index (χ0) is 12.3. The first-order valence-electron chi connectivity index (χ1n) is 4.71. The number of benzene rings is 1. The minimum Gasteiger partial charge on any atom is -0.319 e. The van der Waals surface area contributed by atoms with Crippen LogP contribution in [0.2, 0.25) is 5.02 Å². The second-order valence-corrected chi connectivity index (χ2v) is 4.17. The summed E-state index contributed by atoms with van der Waals surface area (Å²) in [6.07, 6.45) is 4.39. The lowest BCUT2D eigenvalue weighted by Crippen LogP contribution is -2.12. The molecule has 0 radical (unpaired) electrons. The van der Waals surface area contributed by atoms with Gasteiger partial charge in [-0.05, 0) is 18.2 Å². The summed E-state index contributed by atoms with van der Waals surface area (Å²) >= 11 is 10.1. The molecular formula is C11H8ClN3OS. The Morgan fingerprint density at radius 3 is 2.71 bits per heavy atom. The lowest BCUT2D eigenvalue weighted by Gasteiger charge is -2.06. The molecule has 1 heterocycles. The van der Waals surface area contributed by atoms with E-state index in [2.05, 4.69) is 27.9 Å². The summed E-state index contributed by atoms with van der Waals surface area (Å²) in [6.45, 7) is 0. The standard InChI is InChI=1S/C11H8ClN3OS/c12-10-2-1-8(17)3-9(10)11(16)15-7-4-13-6-14-5-7/h1-6,17H,(H,15,16). The summed E-state index contributed by atoms with van der Waals surface area (Å²) in [5.41, 5.74) is 0.876. The van der Waals surface area contributed by atoms with Crippen molar-refractivity contribution >= 4 is 35.8 Å². The van der Waals surface area contributed by atoms with Crippen molar-refractivity contribution in [2.24, 2.45) is 0 Å². The van der Waals surface area contributed by atoms with E-state index in [-0.39, 0.29) is 5.91 Å². The maximum atomic E-state index is 11.9. The fraction of sp³-hybridized carbons (Fsp3) is 0. The Balaban J connectivity index is 2.23. The minimum absolute atomic E-state index is 0.319. The Morgan fingerprint density at radius 2 is 2.00 bits per heavy atom. The summed E-state index contributed by atoms with van der Waals surface area (Å²) < 4.78 is 0. The smallest absolute Gasteiger partial charge is 0.257 e. The van der Waals surface area contributed by atoms with Crippen LogP contribution < -0.4 is 5.32 Å². The van der Waals surface area contributed by atoms with E-state index in [1.54, 1.807) is 18.2 Å². The van der Waals surface area contributed by atoms with E-state index in [0.717, 1.165) is 0 Å². The lowest BCUT2D eigenvalue weighted by molar-refractivity contribution is 0.102. The van der Waals surface area contributed by atoms with Gasteiger partial charge in [0, 0.05) is 4.90 Å². The van der Waals surface area contributed by atoms with Gasteiger partial charge in [-0.25, -0.2) is 9.97 Å². The number of halogens is 1. The number of carbonyl (C=O) groups excluding carboxylic acids is 1. The van der Waals surface area contributed by atoms with E-state index in [1.807, 2.05) is 0 Å². The van der Waals surface area contributed by atoms with Gasteiger partial charge in [0.2, 0.25) is 0 Å². The molecule has 0 fully saturated rings. The van der Waals surface area contributed by atoms with Crippen LogP contribution in [-0.4, -0.2) is 15.9 Å². The monoisotopic (exact) mass is 265 g/mol. The van der Waals surface area contributed by atoms with Crippen molar-refractivity contribution in [3.05, 3.63) is 47.5 Å². The van der Waals surface area contributed by atoms with Gasteiger partial charge in [-0.1, -0.05) is 11.6 Å². The molecule has 17 heavy (non-hydrogen) atoms. The molecule has 86 valence electrons. The van der Waals surface area contributed by atoms with E-state index in [4.69, 9.17) is 11.6 Å². The third-order valence-electron chi connectivity index (χ3n) is 2.01. The van der Waals surface area contributed by atoms with Gasteiger partial charge >= 0.3 is 0 Å². The number of aromatic nitrogens is 2. The second kappa shape index (κ2) is 5.16. The maximum absolute atomic E-state index is 11.9. The van der Waals surface area contributed by atoms with Crippen LogP contribution in [0.25, 0.3) is 0 Å². The molecule has 2 aromatic rings. The normalized spacial score (nSPS) is 10.0. The van der Waals surface area contributed by atoms with E-state index in [9.17, 15) is 4.79 Å². The van der Waals surface area contributed by atoms with E-state index in [0.29, 0.717) is 21.2 Å². The number of anilines is 1. The van der Waals surface area contributed by atoms with Crippen LogP contribution in [0, 0.1) is 0 Å². The van der Waals surface area contributed by atoms with Gasteiger partial charge in [0.25, 0.3) is 5.91 Å². The highest BCUT2D eigenvalue weighted by Crippen LogP contribution is 2.20. The van der Waals surface area contributed by atoms with Crippen molar-refractivity contribution in [2.45, 2.75) is 4.90 Å². The average molecular weight is 266 g/mol. The molecule has 2 rings (SSSR count). The fourth-order valence-corrected chi connectivity index (χ4v) is 1.66. The van der Waals surface area contributed by atoms with Gasteiger partial charge in [0.15, 0.2) is 0 Å². The Morgan fingerprint density at radius 1 is 1.29 bits per heavy atom. The number of thiol groups is 1. The molecule has 1 amide bonds. The van der Waals surface area contributed by atoms with Crippen LogP contribution in [-0.2, 0) is 0 Å². The molecule has 1 N–H and O–H groups in total. The van der Waals surface area contributed by atoms with Crippen molar-refractivity contribution in [3.63, 3.8) is 0 Å². The summed E-state index contributed by atoms with van der Waals surface area (Å²) in [6, 6.07) is 4.94. The zero-order valence-electron chi connectivity index (χ0n) is 8.59. The first kappa shape index (κ1) is 11.9. The molecule has 0 saturated carbocycles. The highest BCUT2D eigenvalue weighted by atomic mass is 35.5. The third-order valence-corrected chi connectivity index (χ3v) is 2.62. The number of nitrogens with one attached hydrogen (secondary N) is 1. The predicted octanol–water partition coefficient (Wildman–Crippen LogP) is 2.67. The molecule has 0 aliphatic rings. The Hall–Kier alpha value is -1.59. The third kappa shape index (κ3) is 2.95. The second-order valence-electron chi connectivity index (χ2n) is 3.25. The summed E-state index contributed by atoms with van der Waals surface area (Å²) in [7, 11) is 0. The molecule has 0 aliphatic carbocycles. The van der Waals surface area contributed by atoms with Crippen LogP contribution in [0.1, 0.15) is 10.4 Å². The van der Waals surface area contributed by atoms with Crippen molar-refractivity contribution in [1.82, 2.24) is 9.97 Å². The Bertz CT molecular complexity index is 548. The molecule has 1 aromatic carbocycles. The number of rotatable bonds is 2. The van der Waals surface area contributed by atoms with Crippen LogP contribution in [0.5, 0.6) is 0 Å². The molecule has 0 spiro atoms. The van der Waals surface area contributed by atoms with Crippen LogP contribution in [0.4, 0.5) is 5.69 Å². The van der Waals surface area contributed by atoms with Gasteiger partial charge in [0.1, 0.15) is 6.33 Å². The lowest BCUT2D eigenvalue weighted by atomic mass is 10.2. The van der Waals surface area contributed by atoms with Gasteiger partial charge in [0.05, 0.1) is 28.7 Å². The highest BCUT2D eigenvalue weighted by molar-refractivity contribution is 7.80. The molecule has 0 aliphatic heterocycles. The molecular weight excluding hydrogens is 258 g/mol. The minimum atomic E-state index is -0.319. The van der Waals surface area contributed by atoms with E-state index >= 15 is 0 Å². The quantitative estimate of drug-likeness (QED) is 0.821. The molecule has 4 nitrogen and oxygen atoms in total. The van der Waals surface area contributed by atoms with Gasteiger partial charge < -0.3 is 5.32 Å². The largest absolute Gasteiger partial charge is 0.319 e. The first-order chi connectivity index (χ1) is 8.16. The van der Waals surface area contributed by atoms with Crippen molar-refractivity contribution in [3.8, 4) is 0 Å². The van der Waals surface area contributed by atoms with Gasteiger partial charge in [-0.2, -0.15) is 0 Å². The number of hydrogen-bond acceptors (Lipinski definition) is 4. The fourth-order valence-electron chi connectivity index (χ4n) is 1.25. The summed E-state index contributed by atoms with van der Waals surface area (Å²) in [5, 5.41) is 3.02.